The number of carbonyl (C=O) groups is 3. The Hall–Kier alpha value is -4.19. The lowest BCUT2D eigenvalue weighted by Crippen LogP contribution is -2.30. The second-order valence-electron chi connectivity index (χ2n) is 19.2. The molecule has 0 aliphatic carbocycles. The smallest absolute Gasteiger partial charge is 0.306 e. The Morgan fingerprint density at radius 2 is 0.597 bits per heavy atom. The number of hydrogen-bond acceptors (Lipinski definition) is 6. The second kappa shape index (κ2) is 59.4. The summed E-state index contributed by atoms with van der Waals surface area (Å²) in [5, 5.41) is 0. The molecule has 0 radical (unpaired) electrons. The normalized spacial score (nSPS) is 13.0. The molecule has 1 unspecified atom stereocenters. The summed E-state index contributed by atoms with van der Waals surface area (Å²) < 4.78 is 16.8. The highest BCUT2D eigenvalue weighted by Gasteiger charge is 2.19. The second-order valence-corrected chi connectivity index (χ2v) is 19.2. The van der Waals surface area contributed by atoms with Crippen LogP contribution in [0.15, 0.2) is 122 Å². The van der Waals surface area contributed by atoms with Gasteiger partial charge in [0.05, 0.1) is 0 Å². The summed E-state index contributed by atoms with van der Waals surface area (Å²) in [4.78, 5) is 38.2. The van der Waals surface area contributed by atoms with E-state index in [-0.39, 0.29) is 44.0 Å². The van der Waals surface area contributed by atoms with Gasteiger partial charge in [-0.25, -0.2) is 0 Å². The van der Waals surface area contributed by atoms with E-state index in [0.29, 0.717) is 12.8 Å². The molecular weight excluding hydrogens is 889 g/mol. The molecule has 0 aromatic heterocycles. The van der Waals surface area contributed by atoms with Crippen LogP contribution in [0.25, 0.3) is 0 Å². The summed E-state index contributed by atoms with van der Waals surface area (Å²) in [5.74, 6) is -1.02. The summed E-state index contributed by atoms with van der Waals surface area (Å²) in [6, 6.07) is 0. The van der Waals surface area contributed by atoms with Crippen LogP contribution in [0.1, 0.15) is 258 Å². The molecule has 0 bridgehead atoms. The molecule has 1 atom stereocenters. The molecule has 6 heteroatoms. The van der Waals surface area contributed by atoms with Gasteiger partial charge in [0.25, 0.3) is 0 Å². The van der Waals surface area contributed by atoms with Gasteiger partial charge in [0.1, 0.15) is 13.2 Å². The zero-order chi connectivity index (χ0) is 52.2. The maximum absolute atomic E-state index is 12.9. The molecule has 0 aliphatic heterocycles. The molecule has 0 heterocycles. The van der Waals surface area contributed by atoms with Gasteiger partial charge in [-0.15, -0.1) is 0 Å². The van der Waals surface area contributed by atoms with E-state index in [1.807, 2.05) is 0 Å². The van der Waals surface area contributed by atoms with Gasteiger partial charge in [0, 0.05) is 19.3 Å². The lowest BCUT2D eigenvalue weighted by molar-refractivity contribution is -0.167. The Morgan fingerprint density at radius 3 is 1.00 bits per heavy atom. The minimum Gasteiger partial charge on any atom is -0.462 e. The monoisotopic (exact) mass is 997 g/mol. The summed E-state index contributed by atoms with van der Waals surface area (Å²) in [6.45, 7) is 6.43. The van der Waals surface area contributed by atoms with E-state index in [9.17, 15) is 14.4 Å². The zero-order valence-corrected chi connectivity index (χ0v) is 46.7. The van der Waals surface area contributed by atoms with Crippen molar-refractivity contribution in [2.75, 3.05) is 13.2 Å². The van der Waals surface area contributed by atoms with Crippen LogP contribution in [0.4, 0.5) is 0 Å². The maximum Gasteiger partial charge on any atom is 0.306 e. The fourth-order valence-electron chi connectivity index (χ4n) is 7.77. The van der Waals surface area contributed by atoms with Crippen LogP contribution in [0, 0.1) is 0 Å². The van der Waals surface area contributed by atoms with Gasteiger partial charge in [-0.2, -0.15) is 0 Å². The van der Waals surface area contributed by atoms with Crippen molar-refractivity contribution in [3.8, 4) is 0 Å². The highest BCUT2D eigenvalue weighted by atomic mass is 16.6. The number of allylic oxidation sites excluding steroid dienone is 20. The molecule has 0 N–H and O–H groups in total. The Labute approximate surface area is 443 Å². The third-order valence-corrected chi connectivity index (χ3v) is 12.2. The Balaban J connectivity index is 4.57. The Morgan fingerprint density at radius 1 is 0.306 bits per heavy atom. The largest absolute Gasteiger partial charge is 0.462 e. The van der Waals surface area contributed by atoms with Crippen molar-refractivity contribution >= 4 is 17.9 Å². The van der Waals surface area contributed by atoms with Crippen molar-refractivity contribution in [3.05, 3.63) is 122 Å². The van der Waals surface area contributed by atoms with Crippen molar-refractivity contribution < 1.29 is 28.6 Å². The number of ether oxygens (including phenoxy) is 3. The van der Waals surface area contributed by atoms with Gasteiger partial charge in [0.2, 0.25) is 0 Å². The van der Waals surface area contributed by atoms with Crippen LogP contribution in [-0.2, 0) is 28.6 Å². The molecule has 0 aromatic rings. The van der Waals surface area contributed by atoms with Gasteiger partial charge >= 0.3 is 17.9 Å². The van der Waals surface area contributed by atoms with Crippen LogP contribution in [0.2, 0.25) is 0 Å². The number of rotatable bonds is 52. The quantitative estimate of drug-likeness (QED) is 0.0199. The molecule has 0 spiro atoms. The molecule has 6 nitrogen and oxygen atoms in total. The van der Waals surface area contributed by atoms with Crippen LogP contribution < -0.4 is 0 Å². The summed E-state index contributed by atoms with van der Waals surface area (Å²) in [5.41, 5.74) is 0. The first kappa shape index (κ1) is 67.8. The van der Waals surface area contributed by atoms with Crippen molar-refractivity contribution in [2.24, 2.45) is 0 Å². The maximum atomic E-state index is 12.9. The number of hydrogen-bond donors (Lipinski definition) is 0. The fraction of sp³-hybridized carbons (Fsp3) is 0.652. The van der Waals surface area contributed by atoms with Crippen molar-refractivity contribution in [1.82, 2.24) is 0 Å². The average molecular weight is 998 g/mol. The summed E-state index contributed by atoms with van der Waals surface area (Å²) in [6.07, 6.45) is 81.9. The molecule has 0 amide bonds. The predicted molar refractivity (Wildman–Crippen MR) is 311 cm³/mol. The Bertz CT molecular complexity index is 1520. The molecule has 0 saturated carbocycles. The number of esters is 3. The first-order chi connectivity index (χ1) is 35.5. The van der Waals surface area contributed by atoms with Crippen molar-refractivity contribution in [1.29, 1.82) is 0 Å². The average Bonchev–Trinajstić information content (AvgIpc) is 3.38. The SMILES string of the molecule is CC/C=C\C/C=C\C/C=C\C/C=C\C/C=C\CCCCCC(=O)OCC(COC(=O)CCC/C=C\C/C=C\C/C=C\CCCCCCCC)OC(=O)CCCCCCC/C=C\C=C/CCCCCCCCC. The number of carbonyl (C=O) groups excluding carboxylic acids is 3. The van der Waals surface area contributed by atoms with Crippen LogP contribution in [0.3, 0.4) is 0 Å². The van der Waals surface area contributed by atoms with Gasteiger partial charge < -0.3 is 14.2 Å². The predicted octanol–water partition coefficient (Wildman–Crippen LogP) is 20.0. The van der Waals surface area contributed by atoms with E-state index in [2.05, 4.69) is 142 Å². The lowest BCUT2D eigenvalue weighted by Gasteiger charge is -2.18. The van der Waals surface area contributed by atoms with E-state index in [4.69, 9.17) is 14.2 Å². The summed E-state index contributed by atoms with van der Waals surface area (Å²) in [7, 11) is 0. The van der Waals surface area contributed by atoms with Crippen LogP contribution in [-0.4, -0.2) is 37.2 Å². The highest BCUT2D eigenvalue weighted by molar-refractivity contribution is 5.71. The van der Waals surface area contributed by atoms with Gasteiger partial charge in [0.15, 0.2) is 6.10 Å². The fourth-order valence-corrected chi connectivity index (χ4v) is 7.77. The van der Waals surface area contributed by atoms with Gasteiger partial charge in [-0.05, 0) is 122 Å². The molecular formula is C66H108O6. The topological polar surface area (TPSA) is 78.9 Å². The van der Waals surface area contributed by atoms with E-state index in [1.165, 1.54) is 96.3 Å². The highest BCUT2D eigenvalue weighted by Crippen LogP contribution is 2.13. The van der Waals surface area contributed by atoms with E-state index < -0.39 is 6.10 Å². The standard InChI is InChI=1S/C66H108O6/c1-4-7-10-13-16-19-22-25-28-31-33-36-38-41-44-47-50-53-56-59-65(68)71-62-63(61-70-64(67)58-55-52-49-46-43-40-37-34-30-27-24-21-18-15-12-9-6-3)72-66(69)60-57-54-51-48-45-42-39-35-32-29-26-23-20-17-14-11-8-5-2/h7,10,16,19,25,27-30,32-33,35-37,39-41,44,46,49,63H,4-6,8-9,11-15,17-18,20-24,26,31,34,38,42-43,45,47-48,50-62H2,1-3H3/b10-7-,19-16-,28-25-,30-27-,32-29-,36-33-,39-35-,40-37-,44-41-,49-46-. The van der Waals surface area contributed by atoms with Gasteiger partial charge in [-0.3, -0.25) is 14.4 Å². The first-order valence-corrected chi connectivity index (χ1v) is 29.6. The van der Waals surface area contributed by atoms with Crippen molar-refractivity contribution in [2.45, 2.75) is 264 Å². The van der Waals surface area contributed by atoms with Crippen molar-refractivity contribution in [3.63, 3.8) is 0 Å². The van der Waals surface area contributed by atoms with Crippen LogP contribution in [0.5, 0.6) is 0 Å². The molecule has 408 valence electrons. The molecule has 0 saturated heterocycles. The molecule has 0 aromatic carbocycles. The molecule has 0 aliphatic rings. The third-order valence-electron chi connectivity index (χ3n) is 12.2. The molecule has 72 heavy (non-hydrogen) atoms. The zero-order valence-electron chi connectivity index (χ0n) is 46.7. The van der Waals surface area contributed by atoms with E-state index >= 15 is 0 Å². The minimum absolute atomic E-state index is 0.120. The minimum atomic E-state index is -0.825. The lowest BCUT2D eigenvalue weighted by atomic mass is 10.1. The third kappa shape index (κ3) is 56.7. The van der Waals surface area contributed by atoms with Gasteiger partial charge in [-0.1, -0.05) is 239 Å². The van der Waals surface area contributed by atoms with E-state index in [1.54, 1.807) is 0 Å². The molecule has 0 rings (SSSR count). The Kier molecular flexibility index (Phi) is 55.9. The summed E-state index contributed by atoms with van der Waals surface area (Å²) >= 11 is 0. The van der Waals surface area contributed by atoms with E-state index in [0.717, 1.165) is 116 Å². The first-order valence-electron chi connectivity index (χ1n) is 29.6. The van der Waals surface area contributed by atoms with Crippen LogP contribution >= 0.6 is 0 Å². The molecule has 0 fully saturated rings. The number of unbranched alkanes of at least 4 members (excludes halogenated alkanes) is 22.